The smallest absolute Gasteiger partial charge is 0.0543 e. The van der Waals surface area contributed by atoms with Gasteiger partial charge in [-0.25, -0.2) is 0 Å². The van der Waals surface area contributed by atoms with E-state index in [1.807, 2.05) is 0 Å². The lowest BCUT2D eigenvalue weighted by molar-refractivity contribution is -0.0399. The summed E-state index contributed by atoms with van der Waals surface area (Å²) < 4.78 is 0. The Morgan fingerprint density at radius 2 is 0.830 bits per heavy atom. The van der Waals surface area contributed by atoms with Crippen LogP contribution in [0.3, 0.4) is 0 Å². The molecule has 4 saturated carbocycles. The van der Waals surface area contributed by atoms with Crippen molar-refractivity contribution in [3.05, 3.63) is 187 Å². The molecule has 7 aromatic carbocycles. The summed E-state index contributed by atoms with van der Waals surface area (Å²) in [5.74, 6) is 3.30. The predicted molar refractivity (Wildman–Crippen MR) is 221 cm³/mol. The molecule has 7 aromatic rings. The van der Waals surface area contributed by atoms with Crippen molar-refractivity contribution in [1.29, 1.82) is 0 Å². The quantitative estimate of drug-likeness (QED) is 0.169. The number of para-hydroxylation sites is 1. The van der Waals surface area contributed by atoms with Crippen LogP contribution in [0, 0.1) is 23.7 Å². The summed E-state index contributed by atoms with van der Waals surface area (Å²) in [5, 5.41) is 0. The molecule has 1 nitrogen and oxygen atoms in total. The van der Waals surface area contributed by atoms with Crippen LogP contribution in [0.4, 0.5) is 17.1 Å². The summed E-state index contributed by atoms with van der Waals surface area (Å²) in [4.78, 5) is 2.56. The highest BCUT2D eigenvalue weighted by Crippen LogP contribution is 2.70. The van der Waals surface area contributed by atoms with Crippen molar-refractivity contribution in [2.24, 2.45) is 23.7 Å². The number of benzene rings is 7. The van der Waals surface area contributed by atoms with Gasteiger partial charge in [0.1, 0.15) is 0 Å². The van der Waals surface area contributed by atoms with Crippen LogP contribution in [0.1, 0.15) is 43.2 Å². The molecule has 0 amide bonds. The molecule has 5 aliphatic carbocycles. The minimum atomic E-state index is 0.121. The molecule has 0 N–H and O–H groups in total. The van der Waals surface area contributed by atoms with Gasteiger partial charge in [0.15, 0.2) is 0 Å². The van der Waals surface area contributed by atoms with Crippen LogP contribution >= 0.6 is 0 Å². The van der Waals surface area contributed by atoms with E-state index < -0.39 is 0 Å². The van der Waals surface area contributed by atoms with E-state index in [4.69, 9.17) is 0 Å². The Morgan fingerprint density at radius 3 is 1.47 bits per heavy atom. The Morgan fingerprint density at radius 1 is 0.358 bits per heavy atom. The lowest BCUT2D eigenvalue weighted by Crippen LogP contribution is -2.55. The van der Waals surface area contributed by atoms with Crippen LogP contribution in [-0.4, -0.2) is 0 Å². The normalized spacial score (nSPS) is 23.2. The topological polar surface area (TPSA) is 3.24 Å². The summed E-state index contributed by atoms with van der Waals surface area (Å²) in [6.07, 6.45) is 7.02. The van der Waals surface area contributed by atoms with Crippen LogP contribution in [0.5, 0.6) is 0 Å². The number of anilines is 3. The van der Waals surface area contributed by atoms with E-state index in [1.54, 1.807) is 11.1 Å². The van der Waals surface area contributed by atoms with Gasteiger partial charge in [0.25, 0.3) is 0 Å². The minimum absolute atomic E-state index is 0.121. The van der Waals surface area contributed by atoms with Crippen LogP contribution in [-0.2, 0) is 5.41 Å². The summed E-state index contributed by atoms with van der Waals surface area (Å²) in [7, 11) is 0. The van der Waals surface area contributed by atoms with Gasteiger partial charge in [-0.05, 0) is 125 Å². The third-order valence-corrected chi connectivity index (χ3v) is 13.5. The standard InChI is InChI=1S/C52H43N/c1-3-12-37(13-4-1)38-22-24-39(25-23-38)40-26-28-44(29-27-40)53(49-20-10-8-16-45(49)41-14-5-2-6-15-41)50-21-11-19-48-51(50)46-17-7-9-18-47(46)52(48)42-31-35-30-36(33-42)34-43(52)32-35/h1-29,35-36,42-43H,30-34H2. The molecule has 0 heterocycles. The van der Waals surface area contributed by atoms with E-state index in [-0.39, 0.29) is 5.41 Å². The molecule has 4 fully saturated rings. The Labute approximate surface area is 313 Å². The number of rotatable bonds is 6. The first-order valence-corrected chi connectivity index (χ1v) is 19.7. The van der Waals surface area contributed by atoms with Crippen molar-refractivity contribution in [3.63, 3.8) is 0 Å². The molecule has 0 atom stereocenters. The highest BCUT2D eigenvalue weighted by molar-refractivity contribution is 5.98. The zero-order valence-electron chi connectivity index (χ0n) is 30.0. The summed E-state index contributed by atoms with van der Waals surface area (Å²) in [6.45, 7) is 0. The summed E-state index contributed by atoms with van der Waals surface area (Å²) in [5.41, 5.74) is 17.3. The van der Waals surface area contributed by atoms with Gasteiger partial charge in [0, 0.05) is 22.2 Å². The highest BCUT2D eigenvalue weighted by Gasteiger charge is 2.61. The molecule has 0 radical (unpaired) electrons. The van der Waals surface area contributed by atoms with E-state index in [0.29, 0.717) is 0 Å². The minimum Gasteiger partial charge on any atom is -0.309 e. The molecule has 5 aliphatic rings. The van der Waals surface area contributed by atoms with Crippen molar-refractivity contribution in [1.82, 2.24) is 0 Å². The van der Waals surface area contributed by atoms with E-state index in [1.165, 1.54) is 93.7 Å². The average molecular weight is 682 g/mol. The van der Waals surface area contributed by atoms with Gasteiger partial charge < -0.3 is 4.90 Å². The fourth-order valence-electron chi connectivity index (χ4n) is 11.6. The second-order valence-electron chi connectivity index (χ2n) is 16.1. The maximum atomic E-state index is 2.56. The Kier molecular flexibility index (Phi) is 7.12. The fourth-order valence-corrected chi connectivity index (χ4v) is 11.6. The van der Waals surface area contributed by atoms with Crippen LogP contribution in [0.25, 0.3) is 44.5 Å². The Hall–Kier alpha value is -5.66. The SMILES string of the molecule is c1ccc(-c2ccc(-c3ccc(N(c4ccccc4-c4ccccc4)c4cccc5c4-c4ccccc4C54C5CC6CC(C5)CC4C6)cc3)cc2)cc1. The van der Waals surface area contributed by atoms with Crippen molar-refractivity contribution in [2.75, 3.05) is 4.90 Å². The monoisotopic (exact) mass is 681 g/mol. The van der Waals surface area contributed by atoms with Gasteiger partial charge in [0.05, 0.1) is 11.4 Å². The summed E-state index contributed by atoms with van der Waals surface area (Å²) >= 11 is 0. The molecule has 256 valence electrons. The maximum Gasteiger partial charge on any atom is 0.0543 e. The molecule has 1 spiro atoms. The molecular formula is C52H43N. The van der Waals surface area contributed by atoms with Gasteiger partial charge in [-0.3, -0.25) is 0 Å². The van der Waals surface area contributed by atoms with E-state index >= 15 is 0 Å². The third kappa shape index (κ3) is 4.76. The second kappa shape index (κ2) is 12.2. The van der Waals surface area contributed by atoms with E-state index in [2.05, 4.69) is 181 Å². The van der Waals surface area contributed by atoms with Gasteiger partial charge in [0.2, 0.25) is 0 Å². The van der Waals surface area contributed by atoms with Crippen LogP contribution in [0.2, 0.25) is 0 Å². The number of fused-ring (bicyclic) bond motifs is 3. The second-order valence-corrected chi connectivity index (χ2v) is 16.1. The molecule has 0 aliphatic heterocycles. The molecule has 0 aromatic heterocycles. The maximum absolute atomic E-state index is 2.56. The van der Waals surface area contributed by atoms with Gasteiger partial charge in [-0.1, -0.05) is 152 Å². The molecular weight excluding hydrogens is 639 g/mol. The fraction of sp³-hybridized carbons (Fsp3) is 0.192. The van der Waals surface area contributed by atoms with Crippen molar-refractivity contribution < 1.29 is 0 Å². The highest BCUT2D eigenvalue weighted by atomic mass is 15.1. The lowest BCUT2D eigenvalue weighted by Gasteiger charge is -2.61. The molecule has 1 heteroatoms. The number of hydrogen-bond acceptors (Lipinski definition) is 1. The number of hydrogen-bond donors (Lipinski definition) is 0. The van der Waals surface area contributed by atoms with Crippen molar-refractivity contribution in [3.8, 4) is 44.5 Å². The van der Waals surface area contributed by atoms with E-state index in [0.717, 1.165) is 23.7 Å². The van der Waals surface area contributed by atoms with Gasteiger partial charge in [-0.2, -0.15) is 0 Å². The first-order valence-electron chi connectivity index (χ1n) is 19.7. The predicted octanol–water partition coefficient (Wildman–Crippen LogP) is 13.9. The molecule has 0 saturated heterocycles. The zero-order chi connectivity index (χ0) is 34.9. The van der Waals surface area contributed by atoms with Crippen LogP contribution < -0.4 is 4.90 Å². The molecule has 4 bridgehead atoms. The Balaban J connectivity index is 1.08. The van der Waals surface area contributed by atoms with Gasteiger partial charge >= 0.3 is 0 Å². The molecule has 12 rings (SSSR count). The first kappa shape index (κ1) is 30.9. The summed E-state index contributed by atoms with van der Waals surface area (Å²) in [6, 6.07) is 65.6. The zero-order valence-corrected chi connectivity index (χ0v) is 30.0. The molecule has 53 heavy (non-hydrogen) atoms. The number of nitrogens with zero attached hydrogens (tertiary/aromatic N) is 1. The largest absolute Gasteiger partial charge is 0.309 e. The van der Waals surface area contributed by atoms with Crippen molar-refractivity contribution in [2.45, 2.75) is 37.5 Å². The van der Waals surface area contributed by atoms with Crippen LogP contribution in [0.15, 0.2) is 176 Å². The lowest BCUT2D eigenvalue weighted by atomic mass is 9.43. The Bertz CT molecular complexity index is 2410. The van der Waals surface area contributed by atoms with Gasteiger partial charge in [-0.15, -0.1) is 0 Å². The van der Waals surface area contributed by atoms with E-state index in [9.17, 15) is 0 Å². The van der Waals surface area contributed by atoms with Crippen molar-refractivity contribution >= 4 is 17.1 Å². The first-order chi connectivity index (χ1) is 26.3. The molecule has 0 unspecified atom stereocenters. The third-order valence-electron chi connectivity index (χ3n) is 13.5. The average Bonchev–Trinajstić information content (AvgIpc) is 3.52.